The van der Waals surface area contributed by atoms with Gasteiger partial charge in [0.05, 0.1) is 0 Å². The highest BCUT2D eigenvalue weighted by Gasteiger charge is 2.23. The molecule has 0 saturated carbocycles. The first-order chi connectivity index (χ1) is 9.22. The Morgan fingerprint density at radius 3 is 2.79 bits per heavy atom. The molecule has 1 aromatic rings. The standard InChI is InChI=1S/C15H22BrFN2/c1-2-3-4-15(19-9-7-18-8-10-19)13-11-12(17)5-6-14(13)16/h5-6,11,15,18H,2-4,7-10H2,1H3/t15-/m1/s1. The minimum absolute atomic E-state index is 0.144. The summed E-state index contributed by atoms with van der Waals surface area (Å²) in [5, 5.41) is 3.38. The van der Waals surface area contributed by atoms with Crippen molar-refractivity contribution in [3.63, 3.8) is 0 Å². The lowest BCUT2D eigenvalue weighted by Crippen LogP contribution is -2.45. The van der Waals surface area contributed by atoms with Crippen molar-refractivity contribution in [2.24, 2.45) is 0 Å². The minimum Gasteiger partial charge on any atom is -0.314 e. The number of nitrogens with one attached hydrogen (secondary N) is 1. The molecule has 0 aromatic heterocycles. The van der Waals surface area contributed by atoms with Gasteiger partial charge in [-0.05, 0) is 30.2 Å². The average molecular weight is 329 g/mol. The van der Waals surface area contributed by atoms with Crippen molar-refractivity contribution in [2.45, 2.75) is 32.2 Å². The van der Waals surface area contributed by atoms with Crippen molar-refractivity contribution in [3.8, 4) is 0 Å². The van der Waals surface area contributed by atoms with Crippen molar-refractivity contribution >= 4 is 15.9 Å². The molecule has 19 heavy (non-hydrogen) atoms. The van der Waals surface area contributed by atoms with Crippen LogP contribution in [0.4, 0.5) is 4.39 Å². The van der Waals surface area contributed by atoms with Gasteiger partial charge in [0.1, 0.15) is 5.82 Å². The molecule has 2 nitrogen and oxygen atoms in total. The molecule has 1 fully saturated rings. The number of benzene rings is 1. The molecule has 1 aliphatic heterocycles. The van der Waals surface area contributed by atoms with Gasteiger partial charge in [0, 0.05) is 36.7 Å². The first-order valence-corrected chi connectivity index (χ1v) is 7.91. The lowest BCUT2D eigenvalue weighted by atomic mass is 9.98. The molecule has 0 spiro atoms. The molecule has 0 bridgehead atoms. The molecule has 106 valence electrons. The van der Waals surface area contributed by atoms with Gasteiger partial charge >= 0.3 is 0 Å². The predicted octanol–water partition coefficient (Wildman–Crippen LogP) is 3.72. The summed E-state index contributed by atoms with van der Waals surface area (Å²) >= 11 is 3.58. The van der Waals surface area contributed by atoms with Crippen molar-refractivity contribution in [1.82, 2.24) is 10.2 Å². The van der Waals surface area contributed by atoms with Crippen LogP contribution in [-0.2, 0) is 0 Å². The van der Waals surface area contributed by atoms with Crippen molar-refractivity contribution in [1.29, 1.82) is 0 Å². The topological polar surface area (TPSA) is 15.3 Å². The zero-order valence-corrected chi connectivity index (χ0v) is 13.0. The fourth-order valence-corrected chi connectivity index (χ4v) is 3.21. The van der Waals surface area contributed by atoms with Gasteiger partial charge in [0.25, 0.3) is 0 Å². The van der Waals surface area contributed by atoms with Gasteiger partial charge < -0.3 is 5.32 Å². The van der Waals surface area contributed by atoms with Crippen LogP contribution in [0.25, 0.3) is 0 Å². The van der Waals surface area contributed by atoms with E-state index in [-0.39, 0.29) is 5.82 Å². The maximum absolute atomic E-state index is 13.5. The van der Waals surface area contributed by atoms with Crippen molar-refractivity contribution < 1.29 is 4.39 Å². The van der Waals surface area contributed by atoms with Crippen LogP contribution in [0, 0.1) is 5.82 Å². The Kier molecular flexibility index (Phi) is 5.79. The van der Waals surface area contributed by atoms with Crippen LogP contribution in [0.2, 0.25) is 0 Å². The first kappa shape index (κ1) is 14.9. The smallest absolute Gasteiger partial charge is 0.123 e. The highest BCUT2D eigenvalue weighted by atomic mass is 79.9. The number of rotatable bonds is 5. The molecule has 2 rings (SSSR count). The number of halogens is 2. The van der Waals surface area contributed by atoms with Crippen LogP contribution in [-0.4, -0.2) is 31.1 Å². The summed E-state index contributed by atoms with van der Waals surface area (Å²) in [4.78, 5) is 2.48. The highest BCUT2D eigenvalue weighted by molar-refractivity contribution is 9.10. The van der Waals surface area contributed by atoms with E-state index in [4.69, 9.17) is 0 Å². The van der Waals surface area contributed by atoms with Gasteiger partial charge in [-0.1, -0.05) is 35.7 Å². The lowest BCUT2D eigenvalue weighted by Gasteiger charge is -2.35. The van der Waals surface area contributed by atoms with Crippen LogP contribution in [0.1, 0.15) is 37.8 Å². The summed E-state index contributed by atoms with van der Waals surface area (Å²) in [6.45, 7) is 6.33. The molecule has 0 aliphatic carbocycles. The molecular weight excluding hydrogens is 307 g/mol. The monoisotopic (exact) mass is 328 g/mol. The molecular formula is C15H22BrFN2. The second-order valence-corrected chi connectivity index (χ2v) is 5.96. The molecule has 1 saturated heterocycles. The molecule has 1 aliphatic rings. The molecule has 1 N–H and O–H groups in total. The molecule has 1 heterocycles. The molecule has 0 unspecified atom stereocenters. The predicted molar refractivity (Wildman–Crippen MR) is 80.8 cm³/mol. The zero-order chi connectivity index (χ0) is 13.7. The van der Waals surface area contributed by atoms with E-state index in [0.717, 1.165) is 42.6 Å². The summed E-state index contributed by atoms with van der Waals surface area (Å²) in [5.41, 5.74) is 1.09. The van der Waals surface area contributed by atoms with E-state index in [1.54, 1.807) is 6.07 Å². The number of piperazine rings is 1. The SMILES string of the molecule is CCCC[C@H](c1cc(F)ccc1Br)N1CCNCC1. The van der Waals surface area contributed by atoms with Crippen molar-refractivity contribution in [2.75, 3.05) is 26.2 Å². The van der Waals surface area contributed by atoms with E-state index >= 15 is 0 Å². The number of hydrogen-bond donors (Lipinski definition) is 1. The fourth-order valence-electron chi connectivity index (χ4n) is 2.70. The Morgan fingerprint density at radius 1 is 1.37 bits per heavy atom. The number of unbranched alkanes of at least 4 members (excludes halogenated alkanes) is 1. The summed E-state index contributed by atoms with van der Waals surface area (Å²) in [6, 6.07) is 5.35. The molecule has 1 atom stereocenters. The van der Waals surface area contributed by atoms with Crippen LogP contribution < -0.4 is 5.32 Å². The van der Waals surface area contributed by atoms with E-state index in [2.05, 4.69) is 33.1 Å². The lowest BCUT2D eigenvalue weighted by molar-refractivity contribution is 0.162. The minimum atomic E-state index is -0.144. The van der Waals surface area contributed by atoms with Crippen LogP contribution >= 0.6 is 15.9 Å². The van der Waals surface area contributed by atoms with E-state index in [1.165, 1.54) is 18.9 Å². The Hall–Kier alpha value is -0.450. The summed E-state index contributed by atoms with van der Waals surface area (Å²) < 4.78 is 14.6. The summed E-state index contributed by atoms with van der Waals surface area (Å²) in [7, 11) is 0. The van der Waals surface area contributed by atoms with Gasteiger partial charge in [-0.3, -0.25) is 4.90 Å². The summed E-state index contributed by atoms with van der Waals surface area (Å²) in [5.74, 6) is -0.144. The Bertz CT molecular complexity index is 405. The molecule has 0 radical (unpaired) electrons. The third-order valence-corrected chi connectivity index (χ3v) is 4.46. The third kappa shape index (κ3) is 4.01. The maximum atomic E-state index is 13.5. The second-order valence-electron chi connectivity index (χ2n) is 5.11. The number of hydrogen-bond acceptors (Lipinski definition) is 2. The molecule has 0 amide bonds. The van der Waals surface area contributed by atoms with Gasteiger partial charge in [-0.25, -0.2) is 4.39 Å². The highest BCUT2D eigenvalue weighted by Crippen LogP contribution is 2.32. The fraction of sp³-hybridized carbons (Fsp3) is 0.600. The second kappa shape index (κ2) is 7.36. The average Bonchev–Trinajstić information content (AvgIpc) is 2.44. The number of nitrogens with zero attached hydrogens (tertiary/aromatic N) is 1. The summed E-state index contributed by atoms with van der Waals surface area (Å²) in [6.07, 6.45) is 3.45. The quantitative estimate of drug-likeness (QED) is 0.886. The Morgan fingerprint density at radius 2 is 2.11 bits per heavy atom. The maximum Gasteiger partial charge on any atom is 0.123 e. The largest absolute Gasteiger partial charge is 0.314 e. The van der Waals surface area contributed by atoms with E-state index in [0.29, 0.717) is 6.04 Å². The van der Waals surface area contributed by atoms with E-state index < -0.39 is 0 Å². The molecule has 4 heteroatoms. The van der Waals surface area contributed by atoms with Gasteiger partial charge in [0.2, 0.25) is 0 Å². The van der Waals surface area contributed by atoms with E-state index in [9.17, 15) is 4.39 Å². The van der Waals surface area contributed by atoms with E-state index in [1.807, 2.05) is 6.07 Å². The van der Waals surface area contributed by atoms with Crippen molar-refractivity contribution in [3.05, 3.63) is 34.1 Å². The van der Waals surface area contributed by atoms with Crippen LogP contribution in [0.3, 0.4) is 0 Å². The molecule has 1 aromatic carbocycles. The first-order valence-electron chi connectivity index (χ1n) is 7.12. The Balaban J connectivity index is 2.22. The normalized spacial score (nSPS) is 18.5. The van der Waals surface area contributed by atoms with Gasteiger partial charge in [0.15, 0.2) is 0 Å². The zero-order valence-electron chi connectivity index (χ0n) is 11.5. The van der Waals surface area contributed by atoms with Crippen LogP contribution in [0.5, 0.6) is 0 Å². The van der Waals surface area contributed by atoms with Gasteiger partial charge in [-0.2, -0.15) is 0 Å². The van der Waals surface area contributed by atoms with Crippen LogP contribution in [0.15, 0.2) is 22.7 Å². The van der Waals surface area contributed by atoms with Gasteiger partial charge in [-0.15, -0.1) is 0 Å². The Labute approximate surface area is 123 Å². The third-order valence-electron chi connectivity index (χ3n) is 3.74.